The Labute approximate surface area is 162 Å². The molecule has 0 nitrogen and oxygen atoms in total. The van der Waals surface area contributed by atoms with Crippen molar-refractivity contribution in [2.45, 2.75) is 93.9 Å². The Hall–Kier alpha value is -1.30. The molecule has 0 aromatic carbocycles. The summed E-state index contributed by atoms with van der Waals surface area (Å²) in [4.78, 5) is 0. The lowest BCUT2D eigenvalue weighted by atomic mass is 9.72. The SMILES string of the molecule is CC1=C(/C=C/C(C)=C(C)/C=C/C2=C(C)CCCC2(C)C)C(C)(C)CCC1. The van der Waals surface area contributed by atoms with Gasteiger partial charge >= 0.3 is 0 Å². The van der Waals surface area contributed by atoms with E-state index >= 15 is 0 Å². The summed E-state index contributed by atoms with van der Waals surface area (Å²) in [5, 5.41) is 0. The second-order valence-corrected chi connectivity index (χ2v) is 9.90. The van der Waals surface area contributed by atoms with Crippen LogP contribution in [0.25, 0.3) is 0 Å². The second kappa shape index (κ2) is 8.15. The second-order valence-electron chi connectivity index (χ2n) is 9.90. The van der Waals surface area contributed by atoms with Gasteiger partial charge in [0, 0.05) is 0 Å². The van der Waals surface area contributed by atoms with Crippen molar-refractivity contribution < 1.29 is 0 Å². The molecule has 0 saturated heterocycles. The summed E-state index contributed by atoms with van der Waals surface area (Å²) >= 11 is 0. The zero-order valence-corrected chi connectivity index (χ0v) is 18.6. The molecule has 26 heavy (non-hydrogen) atoms. The number of hydrogen-bond acceptors (Lipinski definition) is 0. The van der Waals surface area contributed by atoms with Crippen LogP contribution in [0.4, 0.5) is 0 Å². The van der Waals surface area contributed by atoms with Crippen molar-refractivity contribution in [1.29, 1.82) is 0 Å². The summed E-state index contributed by atoms with van der Waals surface area (Å²) in [6.07, 6.45) is 17.2. The van der Waals surface area contributed by atoms with Gasteiger partial charge in [-0.05, 0) is 99.3 Å². The summed E-state index contributed by atoms with van der Waals surface area (Å²) in [5.41, 5.74) is 9.61. The zero-order valence-electron chi connectivity index (χ0n) is 18.6. The van der Waals surface area contributed by atoms with Crippen LogP contribution in [0, 0.1) is 10.8 Å². The molecule has 0 aromatic heterocycles. The minimum Gasteiger partial charge on any atom is -0.0696 e. The van der Waals surface area contributed by atoms with Gasteiger partial charge in [-0.25, -0.2) is 0 Å². The maximum atomic E-state index is 2.39. The third-order valence-corrected chi connectivity index (χ3v) is 6.71. The Morgan fingerprint density at radius 1 is 0.692 bits per heavy atom. The maximum absolute atomic E-state index is 2.39. The van der Waals surface area contributed by atoms with E-state index in [0.29, 0.717) is 10.8 Å². The van der Waals surface area contributed by atoms with Crippen LogP contribution in [0.3, 0.4) is 0 Å². The highest BCUT2D eigenvalue weighted by Crippen LogP contribution is 2.42. The largest absolute Gasteiger partial charge is 0.0696 e. The lowest BCUT2D eigenvalue weighted by molar-refractivity contribution is 0.376. The van der Waals surface area contributed by atoms with E-state index in [-0.39, 0.29) is 0 Å². The molecule has 144 valence electrons. The molecule has 2 aliphatic rings. The fraction of sp³-hybridized carbons (Fsp3) is 0.615. The fourth-order valence-electron chi connectivity index (χ4n) is 4.70. The van der Waals surface area contributed by atoms with Gasteiger partial charge in [0.1, 0.15) is 0 Å². The minimum absolute atomic E-state index is 0.316. The average molecular weight is 353 g/mol. The number of hydrogen-bond donors (Lipinski definition) is 0. The highest BCUT2D eigenvalue weighted by molar-refractivity contribution is 5.41. The van der Waals surface area contributed by atoms with Crippen molar-refractivity contribution in [3.63, 3.8) is 0 Å². The van der Waals surface area contributed by atoms with Crippen LogP contribution in [-0.2, 0) is 0 Å². The fourth-order valence-corrected chi connectivity index (χ4v) is 4.70. The Kier molecular flexibility index (Phi) is 6.59. The molecule has 0 heterocycles. The molecule has 0 radical (unpaired) electrons. The first-order valence-corrected chi connectivity index (χ1v) is 10.5. The molecule has 0 saturated carbocycles. The van der Waals surface area contributed by atoms with Gasteiger partial charge in [-0.1, -0.05) is 63.1 Å². The van der Waals surface area contributed by atoms with E-state index in [1.54, 1.807) is 22.3 Å². The molecule has 0 aliphatic heterocycles. The molecule has 0 unspecified atom stereocenters. The van der Waals surface area contributed by atoms with Crippen molar-refractivity contribution in [2.75, 3.05) is 0 Å². The van der Waals surface area contributed by atoms with Gasteiger partial charge in [0.15, 0.2) is 0 Å². The highest BCUT2D eigenvalue weighted by Gasteiger charge is 2.27. The van der Waals surface area contributed by atoms with Crippen LogP contribution in [0.15, 0.2) is 57.7 Å². The lowest BCUT2D eigenvalue weighted by Crippen LogP contribution is -2.19. The van der Waals surface area contributed by atoms with Gasteiger partial charge in [0.25, 0.3) is 0 Å². The molecule has 0 spiro atoms. The first-order chi connectivity index (χ1) is 12.0. The molecule has 0 aromatic rings. The minimum atomic E-state index is 0.316. The van der Waals surface area contributed by atoms with Crippen LogP contribution >= 0.6 is 0 Å². The highest BCUT2D eigenvalue weighted by atomic mass is 14.3. The van der Waals surface area contributed by atoms with E-state index in [2.05, 4.69) is 79.7 Å². The van der Waals surface area contributed by atoms with Crippen LogP contribution in [0.5, 0.6) is 0 Å². The topological polar surface area (TPSA) is 0 Å². The first kappa shape index (κ1) is 21.0. The van der Waals surface area contributed by atoms with Gasteiger partial charge in [0.05, 0.1) is 0 Å². The molecule has 2 aliphatic carbocycles. The van der Waals surface area contributed by atoms with Crippen LogP contribution in [-0.4, -0.2) is 0 Å². The lowest BCUT2D eigenvalue weighted by Gasteiger charge is -2.33. The average Bonchev–Trinajstić information content (AvgIpc) is 2.52. The van der Waals surface area contributed by atoms with Gasteiger partial charge in [-0.3, -0.25) is 0 Å². The van der Waals surface area contributed by atoms with Crippen molar-refractivity contribution in [3.8, 4) is 0 Å². The van der Waals surface area contributed by atoms with E-state index in [0.717, 1.165) is 0 Å². The maximum Gasteiger partial charge on any atom is -0.0104 e. The van der Waals surface area contributed by atoms with Crippen molar-refractivity contribution >= 4 is 0 Å². The predicted molar refractivity (Wildman–Crippen MR) is 117 cm³/mol. The van der Waals surface area contributed by atoms with Crippen LogP contribution in [0.1, 0.15) is 93.9 Å². The molecule has 2 rings (SSSR count). The molecule has 0 heteroatoms. The summed E-state index contributed by atoms with van der Waals surface area (Å²) in [6, 6.07) is 0. The third kappa shape index (κ3) is 4.90. The first-order valence-electron chi connectivity index (χ1n) is 10.5. The molecular formula is C26H40. The standard InChI is InChI=1S/C26H40/c1-19(13-15-23-21(3)11-9-17-25(23,5)6)20(2)14-16-24-22(4)12-10-18-26(24,7)8/h13-16H,9-12,17-18H2,1-8H3/b15-13+,16-14+,20-19+. The van der Waals surface area contributed by atoms with Crippen molar-refractivity contribution in [3.05, 3.63) is 57.7 Å². The molecule has 0 amide bonds. The van der Waals surface area contributed by atoms with Crippen LogP contribution in [0.2, 0.25) is 0 Å². The van der Waals surface area contributed by atoms with Gasteiger partial charge < -0.3 is 0 Å². The summed E-state index contributed by atoms with van der Waals surface area (Å²) < 4.78 is 0. The van der Waals surface area contributed by atoms with E-state index in [9.17, 15) is 0 Å². The normalized spacial score (nSPS) is 24.6. The van der Waals surface area contributed by atoms with Crippen molar-refractivity contribution in [1.82, 2.24) is 0 Å². The summed E-state index contributed by atoms with van der Waals surface area (Å²) in [5.74, 6) is 0. The van der Waals surface area contributed by atoms with E-state index < -0.39 is 0 Å². The third-order valence-electron chi connectivity index (χ3n) is 6.71. The zero-order chi connectivity index (χ0) is 19.5. The number of rotatable bonds is 4. The monoisotopic (exact) mass is 352 g/mol. The summed E-state index contributed by atoms with van der Waals surface area (Å²) in [7, 11) is 0. The van der Waals surface area contributed by atoms with Gasteiger partial charge in [0.2, 0.25) is 0 Å². The predicted octanol–water partition coefficient (Wildman–Crippen LogP) is 8.49. The smallest absolute Gasteiger partial charge is 0.0104 e. The summed E-state index contributed by atoms with van der Waals surface area (Å²) in [6.45, 7) is 18.7. The van der Waals surface area contributed by atoms with Gasteiger partial charge in [-0.2, -0.15) is 0 Å². The molecule has 0 atom stereocenters. The molecular weight excluding hydrogens is 312 g/mol. The van der Waals surface area contributed by atoms with E-state index in [1.807, 2.05) is 0 Å². The Morgan fingerprint density at radius 2 is 1.04 bits per heavy atom. The van der Waals surface area contributed by atoms with Crippen molar-refractivity contribution in [2.24, 2.45) is 10.8 Å². The Balaban J connectivity index is 2.22. The van der Waals surface area contributed by atoms with E-state index in [1.165, 1.54) is 49.7 Å². The molecule has 0 N–H and O–H groups in total. The molecule has 0 bridgehead atoms. The van der Waals surface area contributed by atoms with Gasteiger partial charge in [-0.15, -0.1) is 0 Å². The van der Waals surface area contributed by atoms with Crippen LogP contribution < -0.4 is 0 Å². The van der Waals surface area contributed by atoms with E-state index in [4.69, 9.17) is 0 Å². The quantitative estimate of drug-likeness (QED) is 0.445. The Morgan fingerprint density at radius 3 is 1.35 bits per heavy atom. The molecule has 0 fully saturated rings. The Bertz CT molecular complexity index is 624. The number of allylic oxidation sites excluding steroid dienone is 10.